The van der Waals surface area contributed by atoms with Gasteiger partial charge in [0.05, 0.1) is 16.2 Å². The minimum Gasteiger partial charge on any atom is -0.385 e. The number of anilines is 1. The number of carbonyl (C=O) groups is 1. The molecule has 2 fully saturated rings. The number of rotatable bonds is 2. The third-order valence-corrected chi connectivity index (χ3v) is 6.56. The number of aliphatic hydroxyl groups is 1. The van der Waals surface area contributed by atoms with Gasteiger partial charge in [0.25, 0.3) is 0 Å². The highest BCUT2D eigenvalue weighted by molar-refractivity contribution is 6.31. The minimum absolute atomic E-state index is 0.0465. The lowest BCUT2D eigenvalue weighted by Gasteiger charge is -2.28. The van der Waals surface area contributed by atoms with Gasteiger partial charge in [0, 0.05) is 18.8 Å². The molecule has 0 bridgehead atoms. The maximum atomic E-state index is 13.0. The lowest BCUT2D eigenvalue weighted by Crippen LogP contribution is -2.35. The number of aryl methyl sites for hydroxylation is 1. The highest BCUT2D eigenvalue weighted by Gasteiger charge is 2.50. The topological polar surface area (TPSA) is 52.6 Å². The highest BCUT2D eigenvalue weighted by Crippen LogP contribution is 2.49. The van der Waals surface area contributed by atoms with Crippen LogP contribution in [-0.4, -0.2) is 29.1 Å². The van der Waals surface area contributed by atoms with E-state index in [0.29, 0.717) is 25.9 Å². The minimum atomic E-state index is -4.59. The standard InChI is InChI=1S/C22H22ClF3N2O2/c1-13-4-2-3-5-17(13)21(30)9-14-11-28(12-15(14)10-21)20(29)27-16-6-7-19(23)18(8-16)22(24,25)26/h2-8,14-15,30H,9-12H2,1H3,(H,27,29). The van der Waals surface area contributed by atoms with Crippen molar-refractivity contribution in [3.8, 4) is 0 Å². The zero-order valence-corrected chi connectivity index (χ0v) is 17.1. The molecule has 8 heteroatoms. The number of fused-ring (bicyclic) bond motifs is 1. The van der Waals surface area contributed by atoms with Gasteiger partial charge in [-0.3, -0.25) is 0 Å². The predicted octanol–water partition coefficient (Wildman–Crippen LogP) is 5.43. The first-order chi connectivity index (χ1) is 14.1. The van der Waals surface area contributed by atoms with E-state index in [1.165, 1.54) is 6.07 Å². The Morgan fingerprint density at radius 2 is 1.80 bits per heavy atom. The number of urea groups is 1. The first-order valence-corrected chi connectivity index (χ1v) is 10.2. The van der Waals surface area contributed by atoms with Gasteiger partial charge in [0.2, 0.25) is 0 Å². The molecule has 2 aromatic rings. The molecule has 30 heavy (non-hydrogen) atoms. The van der Waals surface area contributed by atoms with E-state index in [-0.39, 0.29) is 17.5 Å². The molecule has 0 aromatic heterocycles. The van der Waals surface area contributed by atoms with Crippen molar-refractivity contribution in [1.82, 2.24) is 4.90 Å². The first kappa shape index (κ1) is 21.0. The average molecular weight is 439 g/mol. The van der Waals surface area contributed by atoms with Crippen LogP contribution in [0.5, 0.6) is 0 Å². The van der Waals surface area contributed by atoms with Crippen LogP contribution < -0.4 is 5.32 Å². The maximum absolute atomic E-state index is 13.0. The Labute approximate surface area is 177 Å². The van der Waals surface area contributed by atoms with Crippen LogP contribution >= 0.6 is 11.6 Å². The van der Waals surface area contributed by atoms with E-state index in [0.717, 1.165) is 23.3 Å². The fourth-order valence-electron chi connectivity index (χ4n) is 4.86. The van der Waals surface area contributed by atoms with Gasteiger partial charge in [-0.25, -0.2) is 4.79 Å². The number of hydrogen-bond acceptors (Lipinski definition) is 2. The van der Waals surface area contributed by atoms with Gasteiger partial charge < -0.3 is 15.3 Å². The monoisotopic (exact) mass is 438 g/mol. The molecule has 4 nitrogen and oxygen atoms in total. The zero-order chi connectivity index (χ0) is 21.7. The van der Waals surface area contributed by atoms with Crippen molar-refractivity contribution in [2.75, 3.05) is 18.4 Å². The number of benzene rings is 2. The van der Waals surface area contributed by atoms with E-state index in [1.54, 1.807) is 4.90 Å². The highest BCUT2D eigenvalue weighted by atomic mass is 35.5. The average Bonchev–Trinajstić information content (AvgIpc) is 3.18. The number of nitrogens with one attached hydrogen (secondary N) is 1. The largest absolute Gasteiger partial charge is 0.417 e. The number of nitrogens with zero attached hydrogens (tertiary/aromatic N) is 1. The van der Waals surface area contributed by atoms with Crippen molar-refractivity contribution >= 4 is 23.3 Å². The van der Waals surface area contributed by atoms with Crippen molar-refractivity contribution in [3.05, 3.63) is 64.2 Å². The molecular weight excluding hydrogens is 417 g/mol. The van der Waals surface area contributed by atoms with Gasteiger partial charge >= 0.3 is 12.2 Å². The third-order valence-electron chi connectivity index (χ3n) is 6.23. The van der Waals surface area contributed by atoms with Gasteiger partial charge in [0.1, 0.15) is 0 Å². The summed E-state index contributed by atoms with van der Waals surface area (Å²) in [6.07, 6.45) is -3.47. The summed E-state index contributed by atoms with van der Waals surface area (Å²) in [7, 11) is 0. The van der Waals surface area contributed by atoms with E-state index in [9.17, 15) is 23.1 Å². The molecule has 2 amide bonds. The van der Waals surface area contributed by atoms with Gasteiger partial charge in [-0.05, 0) is 60.9 Å². The number of carbonyl (C=O) groups excluding carboxylic acids is 1. The Balaban J connectivity index is 1.42. The van der Waals surface area contributed by atoms with Crippen LogP contribution in [0.1, 0.15) is 29.5 Å². The second-order valence-electron chi connectivity index (χ2n) is 8.30. The van der Waals surface area contributed by atoms with Crippen molar-refractivity contribution < 1.29 is 23.1 Å². The van der Waals surface area contributed by atoms with Crippen LogP contribution in [0.25, 0.3) is 0 Å². The molecule has 4 rings (SSSR count). The number of alkyl halides is 3. The summed E-state index contributed by atoms with van der Waals surface area (Å²) in [6.45, 7) is 2.90. The molecule has 160 valence electrons. The summed E-state index contributed by atoms with van der Waals surface area (Å²) in [5.41, 5.74) is 0.129. The van der Waals surface area contributed by atoms with Crippen molar-refractivity contribution in [1.29, 1.82) is 0 Å². The van der Waals surface area contributed by atoms with Crippen molar-refractivity contribution in [2.24, 2.45) is 11.8 Å². The number of halogens is 4. The molecule has 0 radical (unpaired) electrons. The van der Waals surface area contributed by atoms with E-state index in [2.05, 4.69) is 5.32 Å². The molecule has 0 spiro atoms. The molecule has 1 saturated carbocycles. The Morgan fingerprint density at radius 3 is 2.40 bits per heavy atom. The summed E-state index contributed by atoms with van der Waals surface area (Å²) >= 11 is 5.63. The molecule has 1 aliphatic heterocycles. The van der Waals surface area contributed by atoms with Crippen molar-refractivity contribution in [2.45, 2.75) is 31.5 Å². The van der Waals surface area contributed by atoms with Crippen LogP contribution in [-0.2, 0) is 11.8 Å². The lowest BCUT2D eigenvalue weighted by atomic mass is 9.87. The van der Waals surface area contributed by atoms with E-state index in [4.69, 9.17) is 11.6 Å². The van der Waals surface area contributed by atoms with Crippen LogP contribution in [0.4, 0.5) is 23.7 Å². The van der Waals surface area contributed by atoms with E-state index in [1.807, 2.05) is 31.2 Å². The Kier molecular flexibility index (Phi) is 5.22. The molecule has 2 N–H and O–H groups in total. The Hall–Kier alpha value is -2.25. The summed E-state index contributed by atoms with van der Waals surface area (Å²) < 4.78 is 39.1. The summed E-state index contributed by atoms with van der Waals surface area (Å²) in [5.74, 6) is 0.299. The fraction of sp³-hybridized carbons (Fsp3) is 0.409. The maximum Gasteiger partial charge on any atom is 0.417 e. The molecule has 1 saturated heterocycles. The summed E-state index contributed by atoms with van der Waals surface area (Å²) in [4.78, 5) is 14.2. The van der Waals surface area contributed by atoms with Gasteiger partial charge in [-0.1, -0.05) is 35.9 Å². The number of amides is 2. The second kappa shape index (κ2) is 7.46. The third kappa shape index (κ3) is 3.88. The van der Waals surface area contributed by atoms with E-state index < -0.39 is 28.4 Å². The molecular formula is C22H22ClF3N2O2. The normalized spacial score (nSPS) is 26.0. The molecule has 2 aromatic carbocycles. The summed E-state index contributed by atoms with van der Waals surface area (Å²) in [6, 6.07) is 10.6. The van der Waals surface area contributed by atoms with Gasteiger partial charge in [-0.15, -0.1) is 0 Å². The second-order valence-corrected chi connectivity index (χ2v) is 8.71. The number of likely N-dealkylation sites (tertiary alicyclic amines) is 1. The Bertz CT molecular complexity index is 965. The van der Waals surface area contributed by atoms with Crippen molar-refractivity contribution in [3.63, 3.8) is 0 Å². The van der Waals surface area contributed by atoms with Crippen LogP contribution in [0.2, 0.25) is 5.02 Å². The molecule has 2 aliphatic rings. The molecule has 2 atom stereocenters. The lowest BCUT2D eigenvalue weighted by molar-refractivity contribution is -0.137. The van der Waals surface area contributed by atoms with Gasteiger partial charge in [0.15, 0.2) is 0 Å². The smallest absolute Gasteiger partial charge is 0.385 e. The molecule has 2 unspecified atom stereocenters. The van der Waals surface area contributed by atoms with Crippen LogP contribution in [0, 0.1) is 18.8 Å². The zero-order valence-electron chi connectivity index (χ0n) is 16.3. The SMILES string of the molecule is Cc1ccccc1C1(O)CC2CN(C(=O)Nc3ccc(Cl)c(C(F)(F)F)c3)CC2C1. The van der Waals surface area contributed by atoms with Gasteiger partial charge in [-0.2, -0.15) is 13.2 Å². The quantitative estimate of drug-likeness (QED) is 0.657. The van der Waals surface area contributed by atoms with Crippen LogP contribution in [0.3, 0.4) is 0 Å². The van der Waals surface area contributed by atoms with Crippen LogP contribution in [0.15, 0.2) is 42.5 Å². The summed E-state index contributed by atoms with van der Waals surface area (Å²) in [5, 5.41) is 13.3. The van der Waals surface area contributed by atoms with E-state index >= 15 is 0 Å². The number of hydrogen-bond donors (Lipinski definition) is 2. The molecule has 1 aliphatic carbocycles. The first-order valence-electron chi connectivity index (χ1n) is 9.78. The fourth-order valence-corrected chi connectivity index (χ4v) is 5.08. The molecule has 1 heterocycles. The Morgan fingerprint density at radius 1 is 1.17 bits per heavy atom. The predicted molar refractivity (Wildman–Crippen MR) is 108 cm³/mol.